The summed E-state index contributed by atoms with van der Waals surface area (Å²) in [4.78, 5) is 4.84. The molecule has 0 radical (unpaired) electrons. The van der Waals surface area contributed by atoms with Crippen molar-refractivity contribution in [2.75, 3.05) is 0 Å². The fraction of sp³-hybridized carbons (Fsp3) is 0.118. The maximum absolute atomic E-state index is 9.94. The zero-order valence-electron chi connectivity index (χ0n) is 58.6. The fourth-order valence-electron chi connectivity index (χ4n) is 9.88. The average Bonchev–Trinajstić information content (AvgIpc) is 1.64. The van der Waals surface area contributed by atoms with Gasteiger partial charge in [0.15, 0.2) is 0 Å². The van der Waals surface area contributed by atoms with E-state index in [4.69, 9.17) is 17.9 Å². The molecule has 1 aliphatic heterocycles. The molecule has 5 nitrogen and oxygen atoms in total. The van der Waals surface area contributed by atoms with Crippen molar-refractivity contribution in [1.82, 2.24) is 14.1 Å². The number of ether oxygens (including phenoxy) is 1. The van der Waals surface area contributed by atoms with E-state index in [2.05, 4.69) is 37.7 Å². The number of hydrogen-bond donors (Lipinski definition) is 0. The van der Waals surface area contributed by atoms with Gasteiger partial charge in [0.25, 0.3) is 6.33 Å². The van der Waals surface area contributed by atoms with Crippen LogP contribution in [0.5, 0.6) is 11.5 Å². The number of fused-ring (bicyclic) bond motifs is 10. The Morgan fingerprint density at radius 1 is 0.479 bits per heavy atom. The van der Waals surface area contributed by atoms with Gasteiger partial charge in [0.05, 0.1) is 58.1 Å². The third kappa shape index (κ3) is 7.54. The van der Waals surface area contributed by atoms with Crippen LogP contribution < -0.4 is 9.30 Å². The van der Waals surface area contributed by atoms with Crippen LogP contribution in [0, 0.1) is 6.33 Å². The summed E-state index contributed by atoms with van der Waals surface area (Å²) in [5.74, 6) is 1.44. The van der Waals surface area contributed by atoms with Gasteiger partial charge in [0, 0.05) is 23.0 Å². The van der Waals surface area contributed by atoms with Gasteiger partial charge in [-0.05, 0) is 132 Å². The maximum atomic E-state index is 9.94. The van der Waals surface area contributed by atoms with Crippen LogP contribution >= 0.6 is 0 Å². The van der Waals surface area contributed by atoms with Crippen molar-refractivity contribution in [2.45, 2.75) is 52.4 Å². The number of benzene rings is 9. The summed E-state index contributed by atoms with van der Waals surface area (Å²) in [7, 11) is 0. The number of hydrogen-bond acceptors (Lipinski definition) is 2. The van der Waals surface area contributed by atoms with E-state index in [1.165, 1.54) is 16.7 Å². The van der Waals surface area contributed by atoms with Crippen molar-refractivity contribution in [3.63, 3.8) is 0 Å². The van der Waals surface area contributed by atoms with E-state index in [1.54, 1.807) is 47.2 Å². The zero-order valence-corrected chi connectivity index (χ0v) is 40.6. The lowest BCUT2D eigenvalue weighted by atomic mass is 9.81. The SMILES string of the molecule is [2H]c1c([2H])c([2H])c(-c2cc3c4c(c2)n(-c2cccc(Oc5ccc6c7ccccc7n(-c7cc(C(C)(C)C)ccn7)c6c5)c2)[c-][n+]4-c2c(-c4c([2H])c([2H])c([2H])c([2H])c4[2H])cc(C(C)(C)C)cc2-c2c([2H])c([2H])c([2H])c([2H])c2-c2c([2H])c([2H])c([2H])c([2H])c2-3)c([2H])c1[2H]. The second-order valence-corrected chi connectivity index (χ2v) is 20.1. The monoisotopic (exact) mass is 961 g/mol. The molecule has 0 saturated heterocycles. The molecule has 0 saturated carbocycles. The number of imidazole rings is 1. The molecule has 352 valence electrons. The van der Waals surface area contributed by atoms with Gasteiger partial charge in [0.2, 0.25) is 0 Å². The van der Waals surface area contributed by atoms with E-state index < -0.39 is 114 Å². The highest BCUT2D eigenvalue weighted by molar-refractivity contribution is 6.09. The lowest BCUT2D eigenvalue weighted by molar-refractivity contribution is -0.570. The summed E-state index contributed by atoms with van der Waals surface area (Å²) < 4.78 is 179. The highest BCUT2D eigenvalue weighted by atomic mass is 16.5. The van der Waals surface area contributed by atoms with Gasteiger partial charge in [-0.2, -0.15) is 0 Å². The van der Waals surface area contributed by atoms with Crippen molar-refractivity contribution < 1.29 is 34.0 Å². The highest BCUT2D eigenvalue weighted by Gasteiger charge is 2.29. The van der Waals surface area contributed by atoms with Gasteiger partial charge in [-0.15, -0.1) is 0 Å². The normalized spacial score (nSPS) is 15.7. The third-order valence-electron chi connectivity index (χ3n) is 13.5. The molecular formula is C68H54N4O. The molecular weight excluding hydrogens is 889 g/mol. The van der Waals surface area contributed by atoms with Crippen LogP contribution in [-0.4, -0.2) is 14.1 Å². The van der Waals surface area contributed by atoms with Crippen LogP contribution in [0.4, 0.5) is 0 Å². The standard InChI is InChI=1S/C68H54N4O/c1-67(2,3)47-34-35-69-64(40-47)72-61-31-18-17-30-56(61)57-33-32-51(42-62(57)72)73-50-25-19-24-49(41-50)70-43-71-65-58(45-22-11-8-12-23-45)38-48(68(4,5)6)39-60(65)55-29-16-14-27-53(55)52-26-13-15-28-54(52)59-36-46(37-63(70)66(59)71)44-20-9-7-10-21-44/h7-42H,1-6H3/i7D,8D,9D,10D,11D,12D,13D,14D,15D,16D,20D,21D,22D,23D,26D,27D,28D,29D. The predicted molar refractivity (Wildman–Crippen MR) is 300 cm³/mol. The molecule has 0 N–H and O–H groups in total. The Kier molecular flexibility index (Phi) is 6.70. The molecule has 0 atom stereocenters. The Bertz CT molecular complexity index is 5170. The second-order valence-electron chi connectivity index (χ2n) is 20.1. The Balaban J connectivity index is 1.19. The number of para-hydroxylation sites is 1. The zero-order chi connectivity index (χ0) is 65.3. The highest BCUT2D eigenvalue weighted by Crippen LogP contribution is 2.48. The predicted octanol–water partition coefficient (Wildman–Crippen LogP) is 17.2. The summed E-state index contributed by atoms with van der Waals surface area (Å²) >= 11 is 0. The summed E-state index contributed by atoms with van der Waals surface area (Å²) in [6, 6.07) is 18.7. The van der Waals surface area contributed by atoms with Crippen LogP contribution in [-0.2, 0) is 10.8 Å². The van der Waals surface area contributed by atoms with Gasteiger partial charge in [0.1, 0.15) is 17.3 Å². The minimum atomic E-state index is -0.843. The van der Waals surface area contributed by atoms with Crippen LogP contribution in [0.15, 0.2) is 218 Å². The average molecular weight is 961 g/mol. The van der Waals surface area contributed by atoms with Crippen molar-refractivity contribution in [3.05, 3.63) is 236 Å². The molecule has 73 heavy (non-hydrogen) atoms. The van der Waals surface area contributed by atoms with E-state index >= 15 is 0 Å². The summed E-state index contributed by atoms with van der Waals surface area (Å²) in [6.45, 7) is 12.0. The fourth-order valence-corrected chi connectivity index (χ4v) is 9.88. The quantitative estimate of drug-likeness (QED) is 0.123. The molecule has 9 aromatic carbocycles. The van der Waals surface area contributed by atoms with Gasteiger partial charge in [-0.25, -0.2) is 4.98 Å². The van der Waals surface area contributed by atoms with E-state index in [1.807, 2.05) is 69.3 Å². The molecule has 0 amide bonds. The first-order valence-electron chi connectivity index (χ1n) is 32.8. The molecule has 0 aliphatic carbocycles. The first kappa shape index (κ1) is 28.9. The minimum Gasteiger partial charge on any atom is -0.458 e. The van der Waals surface area contributed by atoms with Crippen LogP contribution in [0.3, 0.4) is 0 Å². The number of rotatable bonds is 6. The maximum Gasteiger partial charge on any atom is 0.269 e. The third-order valence-corrected chi connectivity index (χ3v) is 13.5. The van der Waals surface area contributed by atoms with Crippen LogP contribution in [0.2, 0.25) is 0 Å². The molecule has 0 unspecified atom stereocenters. The Morgan fingerprint density at radius 2 is 1.10 bits per heavy atom. The van der Waals surface area contributed by atoms with Gasteiger partial charge in [-0.1, -0.05) is 193 Å². The van der Waals surface area contributed by atoms with Gasteiger partial charge >= 0.3 is 0 Å². The number of pyridine rings is 1. The largest absolute Gasteiger partial charge is 0.458 e. The number of nitrogens with zero attached hydrogens (tertiary/aromatic N) is 4. The Labute approximate surface area is 452 Å². The first-order chi connectivity index (χ1) is 42.9. The minimum absolute atomic E-state index is 0.0114. The van der Waals surface area contributed by atoms with Crippen LogP contribution in [0.25, 0.3) is 106 Å². The summed E-state index contributed by atoms with van der Waals surface area (Å²) in [6.07, 6.45) is 5.27. The molecule has 0 spiro atoms. The summed E-state index contributed by atoms with van der Waals surface area (Å²) in [5, 5.41) is 1.94. The molecule has 1 aliphatic rings. The smallest absolute Gasteiger partial charge is 0.269 e. The molecule has 12 aromatic rings. The van der Waals surface area contributed by atoms with Gasteiger partial charge < -0.3 is 4.74 Å². The van der Waals surface area contributed by atoms with E-state index in [-0.39, 0.29) is 77.8 Å². The summed E-state index contributed by atoms with van der Waals surface area (Å²) in [5.41, 5.74) is 0.545. The lowest BCUT2D eigenvalue weighted by Crippen LogP contribution is -2.32. The molecule has 3 aromatic heterocycles. The first-order valence-corrected chi connectivity index (χ1v) is 23.8. The Hall–Kier alpha value is -8.80. The van der Waals surface area contributed by atoms with Crippen molar-refractivity contribution >= 4 is 32.8 Å². The Morgan fingerprint density at radius 3 is 1.81 bits per heavy atom. The number of aromatic nitrogens is 4. The lowest BCUT2D eigenvalue weighted by Gasteiger charge is -2.26. The van der Waals surface area contributed by atoms with E-state index in [9.17, 15) is 16.4 Å². The topological polar surface area (TPSA) is 35.9 Å². The van der Waals surface area contributed by atoms with Crippen molar-refractivity contribution in [2.24, 2.45) is 0 Å². The van der Waals surface area contributed by atoms with E-state index in [0.29, 0.717) is 28.6 Å². The molecule has 4 heterocycles. The van der Waals surface area contributed by atoms with Gasteiger partial charge in [-0.3, -0.25) is 13.7 Å². The van der Waals surface area contributed by atoms with Crippen LogP contribution in [0.1, 0.15) is 77.3 Å². The molecule has 0 fully saturated rings. The molecule has 5 heteroatoms. The van der Waals surface area contributed by atoms with E-state index in [0.717, 1.165) is 27.4 Å². The molecule has 0 bridgehead atoms. The molecule has 13 rings (SSSR count). The second kappa shape index (κ2) is 16.9. The van der Waals surface area contributed by atoms with Crippen molar-refractivity contribution in [3.8, 4) is 84.3 Å². The van der Waals surface area contributed by atoms with Crippen molar-refractivity contribution in [1.29, 1.82) is 0 Å².